The number of pyridine rings is 1. The molecule has 1 N–H and O–H groups in total. The molecule has 0 aliphatic rings. The Kier molecular flexibility index (Phi) is 4.65. The maximum absolute atomic E-state index is 12.1. The van der Waals surface area contributed by atoms with E-state index in [2.05, 4.69) is 25.4 Å². The van der Waals surface area contributed by atoms with Crippen LogP contribution < -0.4 is 5.56 Å². The molecule has 4 aromatic rings. The molecule has 0 saturated carbocycles. The van der Waals surface area contributed by atoms with Crippen molar-refractivity contribution in [3.05, 3.63) is 57.4 Å². The molecule has 0 aliphatic heterocycles. The van der Waals surface area contributed by atoms with Gasteiger partial charge in [0.15, 0.2) is 0 Å². The van der Waals surface area contributed by atoms with Crippen LogP contribution in [0.4, 0.5) is 5.82 Å². The Morgan fingerprint density at radius 2 is 2.00 bits per heavy atom. The minimum atomic E-state index is -0.603. The highest BCUT2D eigenvalue weighted by molar-refractivity contribution is 5.88. The van der Waals surface area contributed by atoms with Crippen molar-refractivity contribution in [2.24, 2.45) is 12.0 Å². The number of aliphatic imine (C=N–C) groups is 1. The topological polar surface area (TPSA) is 156 Å². The lowest BCUT2D eigenvalue weighted by molar-refractivity contribution is 0.309. The molecule has 11 heteroatoms. The third kappa shape index (κ3) is 3.12. The van der Waals surface area contributed by atoms with Crippen molar-refractivity contribution in [2.45, 2.75) is 6.92 Å². The summed E-state index contributed by atoms with van der Waals surface area (Å²) < 4.78 is 11.0. The number of aromatic nitrogens is 5. The largest absolute Gasteiger partial charge is 0.494 e. The summed E-state index contributed by atoms with van der Waals surface area (Å²) in [5, 5.41) is 30.9. The third-order valence-corrected chi connectivity index (χ3v) is 4.41. The van der Waals surface area contributed by atoms with Gasteiger partial charge in [-0.15, -0.1) is 0 Å². The van der Waals surface area contributed by atoms with Crippen LogP contribution in [0.1, 0.15) is 16.7 Å². The predicted octanol–water partition coefficient (Wildman–Crippen LogP) is 2.12. The minimum Gasteiger partial charge on any atom is -0.494 e. The van der Waals surface area contributed by atoms with Gasteiger partial charge < -0.3 is 9.63 Å². The zero-order valence-electron chi connectivity index (χ0n) is 15.8. The van der Waals surface area contributed by atoms with Gasteiger partial charge in [-0.05, 0) is 34.9 Å². The molecule has 11 nitrogen and oxygen atoms in total. The number of nitriles is 1. The molecule has 0 saturated heterocycles. The van der Waals surface area contributed by atoms with Crippen molar-refractivity contribution in [1.82, 2.24) is 25.0 Å². The number of hydrogen-bond donors (Lipinski definition) is 1. The van der Waals surface area contributed by atoms with Gasteiger partial charge >= 0.3 is 0 Å². The average molecular weight is 403 g/mol. The molecule has 0 unspecified atom stereocenters. The van der Waals surface area contributed by atoms with E-state index in [4.69, 9.17) is 9.15 Å². The zero-order valence-corrected chi connectivity index (χ0v) is 15.8. The molecular formula is C19H13N7O4. The standard InChI is InChI=1S/C19H13N7O4/c1-10-12(8-20)18(27)26(2)19(28)13(10)9-21-15-14(23-30-25-15)16-22-17(29-24-16)11-6-4-3-5-7-11/h3-7,9,28H,1-2H3. The van der Waals surface area contributed by atoms with E-state index in [1.165, 1.54) is 20.2 Å². The van der Waals surface area contributed by atoms with E-state index in [9.17, 15) is 15.2 Å². The van der Waals surface area contributed by atoms with Crippen molar-refractivity contribution in [3.63, 3.8) is 0 Å². The minimum absolute atomic E-state index is 0.0292. The summed E-state index contributed by atoms with van der Waals surface area (Å²) in [6.07, 6.45) is 1.26. The predicted molar refractivity (Wildman–Crippen MR) is 103 cm³/mol. The van der Waals surface area contributed by atoms with Crippen molar-refractivity contribution < 1.29 is 14.3 Å². The summed E-state index contributed by atoms with van der Waals surface area (Å²) in [4.78, 5) is 20.5. The number of hydrogen-bond acceptors (Lipinski definition) is 10. The fourth-order valence-electron chi connectivity index (χ4n) is 2.75. The molecular weight excluding hydrogens is 390 g/mol. The SMILES string of the molecule is Cc1c(C=Nc2nonc2-c2noc(-c3ccccc3)n2)c(O)n(C)c(=O)c1C#N. The summed E-state index contributed by atoms with van der Waals surface area (Å²) in [6.45, 7) is 1.54. The van der Waals surface area contributed by atoms with Crippen molar-refractivity contribution in [3.8, 4) is 34.9 Å². The lowest BCUT2D eigenvalue weighted by atomic mass is 10.1. The molecule has 0 spiro atoms. The van der Waals surface area contributed by atoms with Crippen LogP contribution in [-0.4, -0.2) is 36.3 Å². The second-order valence-electron chi connectivity index (χ2n) is 6.20. The van der Waals surface area contributed by atoms with Crippen LogP contribution in [0.15, 0.2) is 49.3 Å². The second kappa shape index (κ2) is 7.44. The summed E-state index contributed by atoms with van der Waals surface area (Å²) in [7, 11) is 1.35. The first-order valence-electron chi connectivity index (χ1n) is 8.60. The molecule has 0 radical (unpaired) electrons. The first-order valence-corrected chi connectivity index (χ1v) is 8.60. The van der Waals surface area contributed by atoms with Gasteiger partial charge in [-0.3, -0.25) is 9.36 Å². The van der Waals surface area contributed by atoms with Gasteiger partial charge in [-0.25, -0.2) is 9.62 Å². The van der Waals surface area contributed by atoms with Gasteiger partial charge in [-0.1, -0.05) is 23.4 Å². The third-order valence-electron chi connectivity index (χ3n) is 4.41. The van der Waals surface area contributed by atoms with E-state index in [0.29, 0.717) is 0 Å². The van der Waals surface area contributed by atoms with Crippen LogP contribution in [0.25, 0.3) is 23.0 Å². The van der Waals surface area contributed by atoms with Gasteiger partial charge in [0.25, 0.3) is 11.4 Å². The van der Waals surface area contributed by atoms with Crippen LogP contribution in [0.2, 0.25) is 0 Å². The van der Waals surface area contributed by atoms with Crippen LogP contribution in [-0.2, 0) is 7.05 Å². The van der Waals surface area contributed by atoms with Crippen molar-refractivity contribution in [1.29, 1.82) is 5.26 Å². The van der Waals surface area contributed by atoms with E-state index in [1.807, 2.05) is 36.4 Å². The normalized spacial score (nSPS) is 11.1. The second-order valence-corrected chi connectivity index (χ2v) is 6.20. The molecule has 0 atom stereocenters. The highest BCUT2D eigenvalue weighted by atomic mass is 16.6. The first-order chi connectivity index (χ1) is 14.5. The molecule has 4 rings (SSSR count). The summed E-state index contributed by atoms with van der Waals surface area (Å²) in [5.41, 5.74) is 0.619. The summed E-state index contributed by atoms with van der Waals surface area (Å²) in [6, 6.07) is 11.0. The Hall–Kier alpha value is -4.59. The molecule has 0 aliphatic carbocycles. The maximum atomic E-state index is 12.1. The fraction of sp³-hybridized carbons (Fsp3) is 0.105. The van der Waals surface area contributed by atoms with Gasteiger partial charge in [-0.2, -0.15) is 10.2 Å². The van der Waals surface area contributed by atoms with Gasteiger partial charge in [0, 0.05) is 18.8 Å². The van der Waals surface area contributed by atoms with Crippen molar-refractivity contribution in [2.75, 3.05) is 0 Å². The van der Waals surface area contributed by atoms with Crippen LogP contribution in [0, 0.1) is 18.3 Å². The average Bonchev–Trinajstić information content (AvgIpc) is 3.42. The molecule has 0 bridgehead atoms. The first kappa shape index (κ1) is 18.8. The Bertz CT molecular complexity index is 1360. The van der Waals surface area contributed by atoms with E-state index in [0.717, 1.165) is 10.1 Å². The molecule has 3 heterocycles. The van der Waals surface area contributed by atoms with Gasteiger partial charge in [0.2, 0.25) is 23.2 Å². The smallest absolute Gasteiger partial charge is 0.271 e. The van der Waals surface area contributed by atoms with Gasteiger partial charge in [0.1, 0.15) is 11.6 Å². The van der Waals surface area contributed by atoms with E-state index in [1.54, 1.807) is 0 Å². The van der Waals surface area contributed by atoms with E-state index < -0.39 is 5.56 Å². The Balaban J connectivity index is 1.72. The Labute approximate surface area is 168 Å². The van der Waals surface area contributed by atoms with Crippen LogP contribution >= 0.6 is 0 Å². The maximum Gasteiger partial charge on any atom is 0.271 e. The van der Waals surface area contributed by atoms with E-state index in [-0.39, 0.29) is 45.8 Å². The Morgan fingerprint density at radius 1 is 1.23 bits per heavy atom. The summed E-state index contributed by atoms with van der Waals surface area (Å²) in [5.74, 6) is 0.0841. The lowest BCUT2D eigenvalue weighted by Gasteiger charge is -2.09. The molecule has 148 valence electrons. The zero-order chi connectivity index (χ0) is 21.3. The monoisotopic (exact) mass is 403 g/mol. The highest BCUT2D eigenvalue weighted by Gasteiger charge is 2.20. The molecule has 1 aromatic carbocycles. The number of benzene rings is 1. The molecule has 30 heavy (non-hydrogen) atoms. The highest BCUT2D eigenvalue weighted by Crippen LogP contribution is 2.27. The molecule has 0 fully saturated rings. The quantitative estimate of drug-likeness (QED) is 0.504. The Morgan fingerprint density at radius 3 is 2.73 bits per heavy atom. The molecule has 3 aromatic heterocycles. The van der Waals surface area contributed by atoms with Crippen LogP contribution in [0.3, 0.4) is 0 Å². The van der Waals surface area contributed by atoms with Gasteiger partial charge in [0.05, 0.1) is 5.56 Å². The summed E-state index contributed by atoms with van der Waals surface area (Å²) >= 11 is 0. The lowest BCUT2D eigenvalue weighted by Crippen LogP contribution is -2.22. The van der Waals surface area contributed by atoms with Crippen LogP contribution in [0.5, 0.6) is 5.88 Å². The number of rotatable bonds is 4. The van der Waals surface area contributed by atoms with E-state index >= 15 is 0 Å². The van der Waals surface area contributed by atoms with Crippen molar-refractivity contribution >= 4 is 12.0 Å². The number of aromatic hydroxyl groups is 1. The number of nitrogens with zero attached hydrogens (tertiary/aromatic N) is 7. The fourth-order valence-corrected chi connectivity index (χ4v) is 2.75. The molecule has 0 amide bonds.